The van der Waals surface area contributed by atoms with Gasteiger partial charge in [0, 0.05) is 43.6 Å². The topological polar surface area (TPSA) is 56.2 Å². The van der Waals surface area contributed by atoms with Gasteiger partial charge in [-0.05, 0) is 12.3 Å². The Morgan fingerprint density at radius 1 is 1.48 bits per heavy atom. The zero-order chi connectivity index (χ0) is 15.2. The highest BCUT2D eigenvalue weighted by Crippen LogP contribution is 2.21. The standard InChI is InChI=1S/C16H27N3O2/c1-4-8-19-15-6-9-21-11-13(15)14(18-19)5-7-17-16(20)10-12(2)3/h12H,4-11H2,1-3H3,(H,17,20). The first kappa shape index (κ1) is 16.0. The lowest BCUT2D eigenvalue weighted by molar-refractivity contribution is -0.121. The molecule has 1 aliphatic heterocycles. The molecule has 2 rings (SSSR count). The van der Waals surface area contributed by atoms with Crippen LogP contribution < -0.4 is 5.32 Å². The van der Waals surface area contributed by atoms with E-state index in [4.69, 9.17) is 9.84 Å². The van der Waals surface area contributed by atoms with Crippen LogP contribution in [0.3, 0.4) is 0 Å². The zero-order valence-corrected chi connectivity index (χ0v) is 13.4. The van der Waals surface area contributed by atoms with Crippen molar-refractivity contribution in [1.82, 2.24) is 15.1 Å². The molecule has 0 radical (unpaired) electrons. The molecule has 1 amide bonds. The molecule has 118 valence electrons. The van der Waals surface area contributed by atoms with Crippen molar-refractivity contribution in [2.24, 2.45) is 5.92 Å². The van der Waals surface area contributed by atoms with Crippen LogP contribution in [0.4, 0.5) is 0 Å². The number of aromatic nitrogens is 2. The van der Waals surface area contributed by atoms with Gasteiger partial charge in [-0.3, -0.25) is 9.48 Å². The smallest absolute Gasteiger partial charge is 0.220 e. The molecule has 1 aliphatic rings. The van der Waals surface area contributed by atoms with Crippen LogP contribution in [-0.4, -0.2) is 28.8 Å². The molecule has 0 saturated heterocycles. The van der Waals surface area contributed by atoms with Crippen LogP contribution in [-0.2, 0) is 35.5 Å². The fourth-order valence-electron chi connectivity index (χ4n) is 2.74. The second-order valence-corrected chi connectivity index (χ2v) is 6.10. The molecule has 2 heterocycles. The maximum atomic E-state index is 11.7. The Balaban J connectivity index is 1.95. The van der Waals surface area contributed by atoms with Gasteiger partial charge in [-0.2, -0.15) is 5.10 Å². The lowest BCUT2D eigenvalue weighted by Gasteiger charge is -2.15. The summed E-state index contributed by atoms with van der Waals surface area (Å²) in [6.07, 6.45) is 3.40. The Morgan fingerprint density at radius 2 is 2.29 bits per heavy atom. The summed E-state index contributed by atoms with van der Waals surface area (Å²) in [7, 11) is 0. The molecule has 0 atom stereocenters. The number of ether oxygens (including phenoxy) is 1. The first-order valence-corrected chi connectivity index (χ1v) is 8.03. The maximum absolute atomic E-state index is 11.7. The molecule has 0 aliphatic carbocycles. The fraction of sp³-hybridized carbons (Fsp3) is 0.750. The van der Waals surface area contributed by atoms with Crippen LogP contribution in [0.5, 0.6) is 0 Å². The van der Waals surface area contributed by atoms with E-state index in [0.717, 1.165) is 38.1 Å². The van der Waals surface area contributed by atoms with Gasteiger partial charge in [0.1, 0.15) is 0 Å². The Bertz CT molecular complexity index is 480. The van der Waals surface area contributed by atoms with E-state index in [1.165, 1.54) is 11.3 Å². The first-order valence-electron chi connectivity index (χ1n) is 8.03. The normalized spacial score (nSPS) is 14.3. The van der Waals surface area contributed by atoms with Crippen molar-refractivity contribution < 1.29 is 9.53 Å². The van der Waals surface area contributed by atoms with Crippen molar-refractivity contribution >= 4 is 5.91 Å². The van der Waals surface area contributed by atoms with E-state index in [1.807, 2.05) is 0 Å². The summed E-state index contributed by atoms with van der Waals surface area (Å²) in [5, 5.41) is 7.71. The van der Waals surface area contributed by atoms with Crippen LogP contribution in [0.25, 0.3) is 0 Å². The Kier molecular flexibility index (Phi) is 5.79. The van der Waals surface area contributed by atoms with E-state index >= 15 is 0 Å². The third-order valence-corrected chi connectivity index (χ3v) is 3.69. The quantitative estimate of drug-likeness (QED) is 0.837. The summed E-state index contributed by atoms with van der Waals surface area (Å²) in [6.45, 7) is 9.34. The third-order valence-electron chi connectivity index (χ3n) is 3.69. The average Bonchev–Trinajstić information content (AvgIpc) is 2.77. The number of amides is 1. The maximum Gasteiger partial charge on any atom is 0.220 e. The lowest BCUT2D eigenvalue weighted by atomic mass is 10.1. The average molecular weight is 293 g/mol. The fourth-order valence-corrected chi connectivity index (χ4v) is 2.74. The number of rotatable bonds is 7. The van der Waals surface area contributed by atoms with Crippen LogP contribution in [0.1, 0.15) is 50.6 Å². The van der Waals surface area contributed by atoms with E-state index < -0.39 is 0 Å². The second-order valence-electron chi connectivity index (χ2n) is 6.10. The summed E-state index contributed by atoms with van der Waals surface area (Å²) < 4.78 is 7.70. The largest absolute Gasteiger partial charge is 0.376 e. The Morgan fingerprint density at radius 3 is 3.00 bits per heavy atom. The summed E-state index contributed by atoms with van der Waals surface area (Å²) >= 11 is 0. The number of carbonyl (C=O) groups excluding carboxylic acids is 1. The van der Waals surface area contributed by atoms with E-state index in [2.05, 4.69) is 30.8 Å². The van der Waals surface area contributed by atoms with Crippen LogP contribution in [0.2, 0.25) is 0 Å². The van der Waals surface area contributed by atoms with Crippen molar-refractivity contribution in [2.75, 3.05) is 13.2 Å². The Hall–Kier alpha value is -1.36. The summed E-state index contributed by atoms with van der Waals surface area (Å²) in [5.74, 6) is 0.526. The van der Waals surface area contributed by atoms with Gasteiger partial charge in [0.15, 0.2) is 0 Å². The van der Waals surface area contributed by atoms with E-state index in [9.17, 15) is 4.79 Å². The highest BCUT2D eigenvalue weighted by molar-refractivity contribution is 5.76. The van der Waals surface area contributed by atoms with Gasteiger partial charge < -0.3 is 10.1 Å². The number of fused-ring (bicyclic) bond motifs is 1. The van der Waals surface area contributed by atoms with Crippen molar-refractivity contribution in [3.8, 4) is 0 Å². The highest BCUT2D eigenvalue weighted by atomic mass is 16.5. The first-order chi connectivity index (χ1) is 10.1. The van der Waals surface area contributed by atoms with E-state index in [-0.39, 0.29) is 5.91 Å². The number of aryl methyl sites for hydroxylation is 1. The summed E-state index contributed by atoms with van der Waals surface area (Å²) in [4.78, 5) is 11.7. The molecule has 1 N–H and O–H groups in total. The third kappa shape index (κ3) is 4.30. The minimum Gasteiger partial charge on any atom is -0.376 e. The minimum absolute atomic E-state index is 0.128. The molecule has 21 heavy (non-hydrogen) atoms. The van der Waals surface area contributed by atoms with Crippen molar-refractivity contribution in [3.63, 3.8) is 0 Å². The molecule has 1 aromatic heterocycles. The number of nitrogens with one attached hydrogen (secondary N) is 1. The molecule has 0 unspecified atom stereocenters. The van der Waals surface area contributed by atoms with Crippen molar-refractivity contribution in [2.45, 2.75) is 59.6 Å². The Labute approximate surface area is 127 Å². The van der Waals surface area contributed by atoms with Crippen LogP contribution in [0.15, 0.2) is 0 Å². The highest BCUT2D eigenvalue weighted by Gasteiger charge is 2.20. The number of nitrogens with zero attached hydrogens (tertiary/aromatic N) is 2. The van der Waals surface area contributed by atoms with Gasteiger partial charge in [0.25, 0.3) is 0 Å². The molecule has 5 nitrogen and oxygen atoms in total. The molecular formula is C16H27N3O2. The number of carbonyl (C=O) groups is 1. The molecule has 0 saturated carbocycles. The molecular weight excluding hydrogens is 266 g/mol. The molecule has 0 spiro atoms. The van der Waals surface area contributed by atoms with Gasteiger partial charge in [-0.25, -0.2) is 0 Å². The monoisotopic (exact) mass is 293 g/mol. The molecule has 5 heteroatoms. The van der Waals surface area contributed by atoms with Gasteiger partial charge in [-0.15, -0.1) is 0 Å². The molecule has 1 aromatic rings. The second kappa shape index (κ2) is 7.59. The lowest BCUT2D eigenvalue weighted by Crippen LogP contribution is -2.27. The van der Waals surface area contributed by atoms with Crippen molar-refractivity contribution in [3.05, 3.63) is 17.0 Å². The minimum atomic E-state index is 0.128. The number of hydrogen-bond donors (Lipinski definition) is 1. The van der Waals surface area contributed by atoms with E-state index in [1.54, 1.807) is 0 Å². The van der Waals surface area contributed by atoms with Gasteiger partial charge in [0.05, 0.1) is 18.9 Å². The molecule has 0 bridgehead atoms. The van der Waals surface area contributed by atoms with E-state index in [0.29, 0.717) is 25.5 Å². The van der Waals surface area contributed by atoms with Gasteiger partial charge in [-0.1, -0.05) is 20.8 Å². The molecule has 0 aromatic carbocycles. The number of hydrogen-bond acceptors (Lipinski definition) is 3. The van der Waals surface area contributed by atoms with Crippen molar-refractivity contribution in [1.29, 1.82) is 0 Å². The molecule has 0 fully saturated rings. The summed E-state index contributed by atoms with van der Waals surface area (Å²) in [5.41, 5.74) is 3.66. The van der Waals surface area contributed by atoms with Gasteiger partial charge in [0.2, 0.25) is 5.91 Å². The zero-order valence-electron chi connectivity index (χ0n) is 13.4. The predicted molar refractivity (Wildman–Crippen MR) is 82.0 cm³/mol. The van der Waals surface area contributed by atoms with Crippen LogP contribution in [0, 0.1) is 5.92 Å². The van der Waals surface area contributed by atoms with Gasteiger partial charge >= 0.3 is 0 Å². The summed E-state index contributed by atoms with van der Waals surface area (Å²) in [6, 6.07) is 0. The predicted octanol–water partition coefficient (Wildman–Crippen LogP) is 2.07. The van der Waals surface area contributed by atoms with Crippen LogP contribution >= 0.6 is 0 Å². The SMILES string of the molecule is CCCn1nc(CCNC(=O)CC(C)C)c2c1CCOC2.